The molecule has 2 rings (SSSR count). The van der Waals surface area contributed by atoms with Gasteiger partial charge in [0.25, 0.3) is 5.91 Å². The Bertz CT molecular complexity index is 838. The highest BCUT2D eigenvalue weighted by Gasteiger charge is 2.18. The molecular weight excluding hydrogens is 364 g/mol. The van der Waals surface area contributed by atoms with Crippen LogP contribution in [0.4, 0.5) is 5.69 Å². The van der Waals surface area contributed by atoms with Crippen LogP contribution in [0, 0.1) is 0 Å². The van der Waals surface area contributed by atoms with E-state index < -0.39 is 10.0 Å². The molecule has 0 bridgehead atoms. The van der Waals surface area contributed by atoms with Crippen LogP contribution in [0.2, 0.25) is 5.02 Å². The van der Waals surface area contributed by atoms with E-state index in [0.717, 1.165) is 6.26 Å². The summed E-state index contributed by atoms with van der Waals surface area (Å²) in [5, 5.41) is 3.24. The van der Waals surface area contributed by atoms with Gasteiger partial charge in [-0.25, -0.2) is 8.42 Å². The van der Waals surface area contributed by atoms with Crippen molar-refractivity contribution in [1.29, 1.82) is 0 Å². The third-order valence-corrected chi connectivity index (χ3v) is 4.89. The maximum absolute atomic E-state index is 12.1. The number of halogens is 1. The lowest BCUT2D eigenvalue weighted by molar-refractivity contribution is 0.0955. The number of amides is 1. The Labute approximate surface area is 152 Å². The minimum Gasteiger partial charge on any atom is -0.497 e. The molecule has 8 heteroatoms. The summed E-state index contributed by atoms with van der Waals surface area (Å²) in [5.74, 6) is 0.257. The molecule has 0 aliphatic heterocycles. The molecule has 6 nitrogen and oxygen atoms in total. The lowest BCUT2D eigenvalue weighted by atomic mass is 10.2. The summed E-state index contributed by atoms with van der Waals surface area (Å²) in [4.78, 5) is 12.1. The smallest absolute Gasteiger partial charge is 0.251 e. The standard InChI is InChI=1S/C17H19ClN2O4S/c1-24-16-5-3-4-15(12-16)20(25(2,22)23)11-10-19-17(21)13-6-8-14(18)9-7-13/h3-9,12H,10-11H2,1-2H3,(H,19,21). The maximum Gasteiger partial charge on any atom is 0.251 e. The quantitative estimate of drug-likeness (QED) is 0.798. The molecule has 1 amide bonds. The lowest BCUT2D eigenvalue weighted by Gasteiger charge is -2.23. The van der Waals surface area contributed by atoms with E-state index in [1.165, 1.54) is 11.4 Å². The molecule has 0 radical (unpaired) electrons. The zero-order chi connectivity index (χ0) is 18.4. The number of carbonyl (C=O) groups excluding carboxylic acids is 1. The van der Waals surface area contributed by atoms with Crippen molar-refractivity contribution in [2.75, 3.05) is 30.8 Å². The van der Waals surface area contributed by atoms with Crippen LogP contribution in [0.5, 0.6) is 5.75 Å². The van der Waals surface area contributed by atoms with Gasteiger partial charge in [-0.3, -0.25) is 9.10 Å². The van der Waals surface area contributed by atoms with Crippen molar-refractivity contribution in [3.8, 4) is 5.75 Å². The molecule has 25 heavy (non-hydrogen) atoms. The molecule has 0 unspecified atom stereocenters. The maximum atomic E-state index is 12.1. The van der Waals surface area contributed by atoms with Crippen LogP contribution in [-0.4, -0.2) is 40.8 Å². The molecular formula is C17H19ClN2O4S. The van der Waals surface area contributed by atoms with Crippen LogP contribution in [0.15, 0.2) is 48.5 Å². The van der Waals surface area contributed by atoms with Crippen molar-refractivity contribution in [3.05, 3.63) is 59.1 Å². The highest BCUT2D eigenvalue weighted by Crippen LogP contribution is 2.22. The second-order valence-electron chi connectivity index (χ2n) is 5.30. The molecule has 2 aromatic carbocycles. The molecule has 0 fully saturated rings. The summed E-state index contributed by atoms with van der Waals surface area (Å²) < 4.78 is 30.5. The molecule has 1 N–H and O–H groups in total. The van der Waals surface area contributed by atoms with E-state index >= 15 is 0 Å². The molecule has 0 aromatic heterocycles. The fourth-order valence-corrected chi connectivity index (χ4v) is 3.27. The summed E-state index contributed by atoms with van der Waals surface area (Å²) >= 11 is 5.79. The van der Waals surface area contributed by atoms with Gasteiger partial charge >= 0.3 is 0 Å². The summed E-state index contributed by atoms with van der Waals surface area (Å²) in [6.07, 6.45) is 1.12. The van der Waals surface area contributed by atoms with Gasteiger partial charge in [0.1, 0.15) is 5.75 Å². The van der Waals surface area contributed by atoms with Crippen molar-refractivity contribution in [2.24, 2.45) is 0 Å². The Kier molecular flexibility index (Phi) is 6.27. The Morgan fingerprint density at radius 3 is 2.48 bits per heavy atom. The second kappa shape index (κ2) is 8.22. The first kappa shape index (κ1) is 19.1. The molecule has 0 atom stereocenters. The fourth-order valence-electron chi connectivity index (χ4n) is 2.23. The van der Waals surface area contributed by atoms with Crippen LogP contribution in [0.1, 0.15) is 10.4 Å². The first-order valence-corrected chi connectivity index (χ1v) is 9.69. The topological polar surface area (TPSA) is 75.7 Å². The van der Waals surface area contributed by atoms with Crippen molar-refractivity contribution in [3.63, 3.8) is 0 Å². The van der Waals surface area contributed by atoms with Crippen molar-refractivity contribution < 1.29 is 17.9 Å². The van der Waals surface area contributed by atoms with Crippen molar-refractivity contribution in [2.45, 2.75) is 0 Å². The van der Waals surface area contributed by atoms with Crippen LogP contribution >= 0.6 is 11.6 Å². The number of carbonyl (C=O) groups is 1. The summed E-state index contributed by atoms with van der Waals surface area (Å²) in [6, 6.07) is 13.2. The van der Waals surface area contributed by atoms with Crippen LogP contribution in [0.25, 0.3) is 0 Å². The van der Waals surface area contributed by atoms with E-state index in [4.69, 9.17) is 16.3 Å². The fraction of sp³-hybridized carbons (Fsp3) is 0.235. The molecule has 0 saturated heterocycles. The number of anilines is 1. The number of nitrogens with zero attached hydrogens (tertiary/aromatic N) is 1. The van der Waals surface area contributed by atoms with Crippen LogP contribution in [-0.2, 0) is 10.0 Å². The molecule has 0 aliphatic carbocycles. The normalized spacial score (nSPS) is 11.0. The zero-order valence-electron chi connectivity index (χ0n) is 13.9. The van der Waals surface area contributed by atoms with Crippen LogP contribution < -0.4 is 14.4 Å². The molecule has 0 aliphatic rings. The summed E-state index contributed by atoms with van der Waals surface area (Å²) in [5.41, 5.74) is 0.930. The summed E-state index contributed by atoms with van der Waals surface area (Å²) in [7, 11) is -1.99. The monoisotopic (exact) mass is 382 g/mol. The van der Waals surface area contributed by atoms with Gasteiger partial charge in [0.15, 0.2) is 0 Å². The third kappa shape index (κ3) is 5.37. The number of hydrogen-bond donors (Lipinski definition) is 1. The highest BCUT2D eigenvalue weighted by atomic mass is 35.5. The Balaban J connectivity index is 2.06. The molecule has 0 spiro atoms. The van der Waals surface area contributed by atoms with E-state index in [9.17, 15) is 13.2 Å². The largest absolute Gasteiger partial charge is 0.497 e. The van der Waals surface area contributed by atoms with Crippen molar-refractivity contribution in [1.82, 2.24) is 5.32 Å². The van der Waals surface area contributed by atoms with Gasteiger partial charge in [0, 0.05) is 23.2 Å². The molecule has 134 valence electrons. The molecule has 0 heterocycles. The number of rotatable bonds is 7. The minimum atomic E-state index is -3.50. The lowest BCUT2D eigenvalue weighted by Crippen LogP contribution is -2.38. The third-order valence-electron chi connectivity index (χ3n) is 3.45. The van der Waals surface area contributed by atoms with E-state index in [-0.39, 0.29) is 19.0 Å². The minimum absolute atomic E-state index is 0.103. The van der Waals surface area contributed by atoms with Gasteiger partial charge < -0.3 is 10.1 Å². The number of benzene rings is 2. The van der Waals surface area contributed by atoms with E-state index in [0.29, 0.717) is 22.0 Å². The predicted molar refractivity (Wildman–Crippen MR) is 99.0 cm³/mol. The number of hydrogen-bond acceptors (Lipinski definition) is 4. The highest BCUT2D eigenvalue weighted by molar-refractivity contribution is 7.92. The van der Waals surface area contributed by atoms with Gasteiger partial charge in [-0.2, -0.15) is 0 Å². The van der Waals surface area contributed by atoms with Gasteiger partial charge in [-0.1, -0.05) is 17.7 Å². The number of ether oxygens (including phenoxy) is 1. The zero-order valence-corrected chi connectivity index (χ0v) is 15.5. The van der Waals surface area contributed by atoms with Gasteiger partial charge in [-0.05, 0) is 36.4 Å². The average molecular weight is 383 g/mol. The van der Waals surface area contributed by atoms with E-state index in [1.54, 1.807) is 48.5 Å². The first-order chi connectivity index (χ1) is 11.8. The number of nitrogens with one attached hydrogen (secondary N) is 1. The van der Waals surface area contributed by atoms with Gasteiger partial charge in [-0.15, -0.1) is 0 Å². The Morgan fingerprint density at radius 2 is 1.88 bits per heavy atom. The Morgan fingerprint density at radius 1 is 1.20 bits per heavy atom. The number of methoxy groups -OCH3 is 1. The molecule has 0 saturated carbocycles. The first-order valence-electron chi connectivity index (χ1n) is 7.47. The van der Waals surface area contributed by atoms with Gasteiger partial charge in [0.05, 0.1) is 25.6 Å². The molecule has 2 aromatic rings. The van der Waals surface area contributed by atoms with Crippen LogP contribution in [0.3, 0.4) is 0 Å². The van der Waals surface area contributed by atoms with Crippen molar-refractivity contribution >= 4 is 33.2 Å². The summed E-state index contributed by atoms with van der Waals surface area (Å²) in [6.45, 7) is 0.261. The average Bonchev–Trinajstić information content (AvgIpc) is 2.58. The second-order valence-corrected chi connectivity index (χ2v) is 7.64. The SMILES string of the molecule is COc1cccc(N(CCNC(=O)c2ccc(Cl)cc2)S(C)(=O)=O)c1. The predicted octanol–water partition coefficient (Wildman–Crippen LogP) is 2.54. The van der Waals surface area contributed by atoms with E-state index in [2.05, 4.69) is 5.32 Å². The number of sulfonamides is 1. The van der Waals surface area contributed by atoms with E-state index in [1.807, 2.05) is 0 Å². The van der Waals surface area contributed by atoms with Gasteiger partial charge in [0.2, 0.25) is 10.0 Å². The Hall–Kier alpha value is -2.25.